The van der Waals surface area contributed by atoms with Crippen LogP contribution in [0.25, 0.3) is 0 Å². The summed E-state index contributed by atoms with van der Waals surface area (Å²) in [4.78, 5) is 0. The zero-order chi connectivity index (χ0) is 14.0. The largest absolute Gasteiger partial charge is 0.274 e. The molecule has 0 saturated carbocycles. The SMILES string of the molecule is FC(F)=C1CN=NC1(c1ccccc1)c1ccccc1. The molecule has 0 atom stereocenters. The molecule has 2 aromatic carbocycles. The molecule has 0 aliphatic carbocycles. The molecule has 0 spiro atoms. The molecule has 1 heterocycles. The van der Waals surface area contributed by atoms with E-state index in [4.69, 9.17) is 0 Å². The Kier molecular flexibility index (Phi) is 3.14. The number of rotatable bonds is 2. The van der Waals surface area contributed by atoms with E-state index < -0.39 is 11.6 Å². The van der Waals surface area contributed by atoms with E-state index >= 15 is 0 Å². The normalized spacial score (nSPS) is 16.4. The van der Waals surface area contributed by atoms with Crippen molar-refractivity contribution < 1.29 is 8.78 Å². The number of benzene rings is 2. The van der Waals surface area contributed by atoms with E-state index in [1.54, 1.807) is 24.3 Å². The minimum atomic E-state index is -1.71. The van der Waals surface area contributed by atoms with Crippen LogP contribution in [0, 0.1) is 0 Å². The summed E-state index contributed by atoms with van der Waals surface area (Å²) in [5.41, 5.74) is 0.168. The molecule has 2 aromatic rings. The predicted octanol–water partition coefficient (Wildman–Crippen LogP) is 4.55. The fraction of sp³-hybridized carbons (Fsp3) is 0.125. The van der Waals surface area contributed by atoms with Gasteiger partial charge in [-0.3, -0.25) is 0 Å². The molecular formula is C16H12F2N2. The van der Waals surface area contributed by atoms with E-state index in [1.807, 2.05) is 36.4 Å². The summed E-state index contributed by atoms with van der Waals surface area (Å²) in [6, 6.07) is 18.2. The van der Waals surface area contributed by atoms with E-state index in [2.05, 4.69) is 10.2 Å². The lowest BCUT2D eigenvalue weighted by atomic mass is 9.78. The van der Waals surface area contributed by atoms with Crippen LogP contribution in [0.2, 0.25) is 0 Å². The Hall–Kier alpha value is -2.36. The first-order chi connectivity index (χ1) is 9.75. The maximum atomic E-state index is 13.4. The summed E-state index contributed by atoms with van der Waals surface area (Å²) in [5.74, 6) is 0. The second-order valence-corrected chi connectivity index (χ2v) is 4.58. The second kappa shape index (κ2) is 4.96. The van der Waals surface area contributed by atoms with E-state index in [0.717, 1.165) is 0 Å². The number of halogens is 2. The first kappa shape index (κ1) is 12.7. The van der Waals surface area contributed by atoms with Crippen molar-refractivity contribution in [1.82, 2.24) is 0 Å². The quantitative estimate of drug-likeness (QED) is 0.765. The van der Waals surface area contributed by atoms with Gasteiger partial charge in [0.25, 0.3) is 6.08 Å². The Balaban J connectivity index is 2.30. The third kappa shape index (κ3) is 1.84. The third-order valence-electron chi connectivity index (χ3n) is 3.50. The van der Waals surface area contributed by atoms with Crippen LogP contribution in [0.4, 0.5) is 8.78 Å². The second-order valence-electron chi connectivity index (χ2n) is 4.58. The molecule has 4 heteroatoms. The van der Waals surface area contributed by atoms with Crippen LogP contribution >= 0.6 is 0 Å². The van der Waals surface area contributed by atoms with Gasteiger partial charge in [-0.15, -0.1) is 0 Å². The highest BCUT2D eigenvalue weighted by molar-refractivity contribution is 5.49. The molecule has 0 saturated heterocycles. The smallest absolute Gasteiger partial charge is 0.188 e. The molecule has 1 aliphatic heterocycles. The molecule has 0 radical (unpaired) electrons. The van der Waals surface area contributed by atoms with Crippen LogP contribution in [-0.2, 0) is 5.54 Å². The predicted molar refractivity (Wildman–Crippen MR) is 72.6 cm³/mol. The zero-order valence-corrected chi connectivity index (χ0v) is 10.6. The average molecular weight is 270 g/mol. The van der Waals surface area contributed by atoms with Crippen LogP contribution < -0.4 is 0 Å². The van der Waals surface area contributed by atoms with E-state index in [9.17, 15) is 8.78 Å². The van der Waals surface area contributed by atoms with Crippen molar-refractivity contribution in [2.45, 2.75) is 5.54 Å². The van der Waals surface area contributed by atoms with Gasteiger partial charge in [0, 0.05) is 0 Å². The molecule has 100 valence electrons. The molecule has 0 fully saturated rings. The number of hydrogen-bond donors (Lipinski definition) is 0. The van der Waals surface area contributed by atoms with Crippen LogP contribution in [0.3, 0.4) is 0 Å². The van der Waals surface area contributed by atoms with Gasteiger partial charge in [0.1, 0.15) is 0 Å². The fourth-order valence-corrected chi connectivity index (χ4v) is 2.57. The fourth-order valence-electron chi connectivity index (χ4n) is 2.57. The van der Waals surface area contributed by atoms with E-state index in [1.165, 1.54) is 0 Å². The Labute approximate surface area is 115 Å². The summed E-state index contributed by atoms with van der Waals surface area (Å²) in [6.07, 6.45) is -1.71. The standard InChI is InChI=1S/C16H12F2N2/c17-15(18)14-11-19-20-16(14,12-7-3-1-4-8-12)13-9-5-2-6-10-13/h1-10H,11H2. The monoisotopic (exact) mass is 270 g/mol. The highest BCUT2D eigenvalue weighted by Crippen LogP contribution is 2.45. The van der Waals surface area contributed by atoms with Crippen LogP contribution in [0.1, 0.15) is 11.1 Å². The van der Waals surface area contributed by atoms with E-state index in [-0.39, 0.29) is 12.1 Å². The summed E-state index contributed by atoms with van der Waals surface area (Å²) in [5, 5.41) is 8.08. The van der Waals surface area contributed by atoms with Crippen LogP contribution in [-0.4, -0.2) is 6.54 Å². The van der Waals surface area contributed by atoms with Gasteiger partial charge in [-0.05, 0) is 11.1 Å². The molecule has 0 amide bonds. The lowest BCUT2D eigenvalue weighted by Crippen LogP contribution is -2.26. The van der Waals surface area contributed by atoms with Gasteiger partial charge < -0.3 is 0 Å². The molecule has 2 nitrogen and oxygen atoms in total. The lowest BCUT2D eigenvalue weighted by Gasteiger charge is -2.27. The Morgan fingerprint density at radius 2 is 1.35 bits per heavy atom. The van der Waals surface area contributed by atoms with Gasteiger partial charge >= 0.3 is 0 Å². The number of hydrogen-bond acceptors (Lipinski definition) is 2. The molecule has 20 heavy (non-hydrogen) atoms. The van der Waals surface area contributed by atoms with Crippen molar-refractivity contribution >= 4 is 0 Å². The molecule has 0 unspecified atom stereocenters. The molecular weight excluding hydrogens is 258 g/mol. The van der Waals surface area contributed by atoms with Crippen LogP contribution in [0.15, 0.2) is 82.5 Å². The van der Waals surface area contributed by atoms with Gasteiger partial charge in [-0.2, -0.15) is 19.0 Å². The summed E-state index contributed by atoms with van der Waals surface area (Å²) in [7, 11) is 0. The Morgan fingerprint density at radius 3 is 1.80 bits per heavy atom. The van der Waals surface area contributed by atoms with Gasteiger partial charge in [0.05, 0.1) is 12.1 Å². The van der Waals surface area contributed by atoms with Gasteiger partial charge in [-0.1, -0.05) is 60.7 Å². The van der Waals surface area contributed by atoms with Gasteiger partial charge in [-0.25, -0.2) is 0 Å². The molecule has 0 bridgehead atoms. The molecule has 3 rings (SSSR count). The number of azo groups is 1. The maximum absolute atomic E-state index is 13.4. The third-order valence-corrected chi connectivity index (χ3v) is 3.50. The van der Waals surface area contributed by atoms with Gasteiger partial charge in [0.15, 0.2) is 5.54 Å². The highest BCUT2D eigenvalue weighted by atomic mass is 19.3. The summed E-state index contributed by atoms with van der Waals surface area (Å²) >= 11 is 0. The molecule has 1 aliphatic rings. The number of nitrogens with zero attached hydrogens (tertiary/aromatic N) is 2. The topological polar surface area (TPSA) is 24.7 Å². The van der Waals surface area contributed by atoms with E-state index in [0.29, 0.717) is 11.1 Å². The van der Waals surface area contributed by atoms with Crippen molar-refractivity contribution in [3.8, 4) is 0 Å². The first-order valence-electron chi connectivity index (χ1n) is 6.29. The van der Waals surface area contributed by atoms with Crippen molar-refractivity contribution in [3.05, 3.63) is 83.4 Å². The first-order valence-corrected chi connectivity index (χ1v) is 6.29. The van der Waals surface area contributed by atoms with Crippen LogP contribution in [0.5, 0.6) is 0 Å². The Bertz CT molecular complexity index is 620. The Morgan fingerprint density at radius 1 is 0.850 bits per heavy atom. The van der Waals surface area contributed by atoms with Crippen molar-refractivity contribution in [1.29, 1.82) is 0 Å². The zero-order valence-electron chi connectivity index (χ0n) is 10.6. The van der Waals surface area contributed by atoms with Gasteiger partial charge in [0.2, 0.25) is 0 Å². The van der Waals surface area contributed by atoms with Crippen molar-refractivity contribution in [3.63, 3.8) is 0 Å². The summed E-state index contributed by atoms with van der Waals surface area (Å²) < 4.78 is 26.7. The van der Waals surface area contributed by atoms with Crippen molar-refractivity contribution in [2.75, 3.05) is 6.54 Å². The lowest BCUT2D eigenvalue weighted by molar-refractivity contribution is 0.397. The highest BCUT2D eigenvalue weighted by Gasteiger charge is 2.44. The molecule has 0 N–H and O–H groups in total. The average Bonchev–Trinajstić information content (AvgIpc) is 2.95. The minimum absolute atomic E-state index is 0.0464. The molecule has 0 aromatic heterocycles. The summed E-state index contributed by atoms with van der Waals surface area (Å²) in [6.45, 7) is -0.0634. The maximum Gasteiger partial charge on any atom is 0.274 e. The van der Waals surface area contributed by atoms with Crippen molar-refractivity contribution in [2.24, 2.45) is 10.2 Å². The minimum Gasteiger partial charge on any atom is -0.188 e.